The lowest BCUT2D eigenvalue weighted by Gasteiger charge is -2.35. The van der Waals surface area contributed by atoms with Crippen molar-refractivity contribution in [2.45, 2.75) is 9.92 Å². The highest BCUT2D eigenvalue weighted by molar-refractivity contribution is 7.99. The lowest BCUT2D eigenvalue weighted by Crippen LogP contribution is -2.48. The van der Waals surface area contributed by atoms with E-state index < -0.39 is 0 Å². The van der Waals surface area contributed by atoms with Crippen LogP contribution in [0.5, 0.6) is 5.75 Å². The Morgan fingerprint density at radius 1 is 0.879 bits per heavy atom. The molecule has 3 aromatic rings. The highest BCUT2D eigenvalue weighted by Gasteiger charge is 2.24. The minimum Gasteiger partial charge on any atom is -0.508 e. The van der Waals surface area contributed by atoms with Gasteiger partial charge in [0.25, 0.3) is 0 Å². The van der Waals surface area contributed by atoms with Crippen LogP contribution in [-0.2, 0) is 4.74 Å². The maximum atomic E-state index is 9.61. The van der Waals surface area contributed by atoms with Gasteiger partial charge in [-0.1, -0.05) is 11.8 Å². The summed E-state index contributed by atoms with van der Waals surface area (Å²) in [6, 6.07) is 7.05. The first-order valence-electron chi connectivity index (χ1n) is 11.1. The molecule has 2 saturated heterocycles. The number of fused-ring (bicyclic) bond motifs is 1. The molecule has 0 amide bonds. The lowest BCUT2D eigenvalue weighted by atomic mass is 10.3. The molecule has 2 N–H and O–H groups in total. The van der Waals surface area contributed by atoms with E-state index in [0.717, 1.165) is 66.0 Å². The van der Waals surface area contributed by atoms with Crippen molar-refractivity contribution in [1.82, 2.24) is 24.8 Å². The van der Waals surface area contributed by atoms with E-state index in [-0.39, 0.29) is 12.4 Å². The smallest absolute Gasteiger partial charge is 0.228 e. The number of aromatic nitrogens is 4. The SMILES string of the molecule is OCCN1CCN(c2nc(N3CCOCC3)c3ncnc(Sc4ccc(O)cc4)c3n2)CC1. The fourth-order valence-electron chi connectivity index (χ4n) is 4.05. The van der Waals surface area contributed by atoms with Crippen LogP contribution in [0, 0.1) is 0 Å². The summed E-state index contributed by atoms with van der Waals surface area (Å²) in [7, 11) is 0. The summed E-state index contributed by atoms with van der Waals surface area (Å²) in [5.41, 5.74) is 1.45. The van der Waals surface area contributed by atoms with Crippen LogP contribution >= 0.6 is 11.8 Å². The number of nitrogens with zero attached hydrogens (tertiary/aromatic N) is 7. The highest BCUT2D eigenvalue weighted by Crippen LogP contribution is 2.34. The van der Waals surface area contributed by atoms with Gasteiger partial charge < -0.3 is 24.7 Å². The number of ether oxygens (including phenoxy) is 1. The average molecular weight is 470 g/mol. The monoisotopic (exact) mass is 469 g/mol. The molecule has 0 saturated carbocycles. The van der Waals surface area contributed by atoms with Crippen molar-refractivity contribution in [2.24, 2.45) is 0 Å². The molecule has 0 unspecified atom stereocenters. The Morgan fingerprint density at radius 2 is 1.64 bits per heavy atom. The maximum Gasteiger partial charge on any atom is 0.228 e. The van der Waals surface area contributed by atoms with Gasteiger partial charge in [0.1, 0.15) is 28.1 Å². The van der Waals surface area contributed by atoms with Gasteiger partial charge >= 0.3 is 0 Å². The third kappa shape index (κ3) is 4.96. The number of aliphatic hydroxyl groups excluding tert-OH is 1. The minimum atomic E-state index is 0.169. The molecule has 10 nitrogen and oxygen atoms in total. The van der Waals surface area contributed by atoms with Gasteiger partial charge in [-0.05, 0) is 24.3 Å². The van der Waals surface area contributed by atoms with E-state index in [1.807, 2.05) is 12.1 Å². The molecule has 2 aliphatic heterocycles. The summed E-state index contributed by atoms with van der Waals surface area (Å²) in [5.74, 6) is 1.72. The Bertz CT molecular complexity index is 1090. The molecule has 2 aromatic heterocycles. The number of hydrogen-bond acceptors (Lipinski definition) is 11. The fourth-order valence-corrected chi connectivity index (χ4v) is 4.88. The van der Waals surface area contributed by atoms with E-state index >= 15 is 0 Å². The maximum absolute atomic E-state index is 9.61. The second-order valence-electron chi connectivity index (χ2n) is 7.97. The number of phenols is 1. The summed E-state index contributed by atoms with van der Waals surface area (Å²) in [6.07, 6.45) is 1.56. The Morgan fingerprint density at radius 3 is 2.36 bits per heavy atom. The Kier molecular flexibility index (Phi) is 6.72. The number of β-amino-alcohol motifs (C(OH)–C–C–N with tert-alkyl or cyclic N) is 1. The van der Waals surface area contributed by atoms with Crippen molar-refractivity contribution < 1.29 is 14.9 Å². The Hall–Kier alpha value is -2.73. The number of phenolic OH excluding ortho intramolecular Hbond substituents is 1. The zero-order valence-electron chi connectivity index (χ0n) is 18.3. The van der Waals surface area contributed by atoms with Gasteiger partial charge in [0, 0.05) is 50.7 Å². The van der Waals surface area contributed by atoms with Gasteiger partial charge in [-0.15, -0.1) is 0 Å². The molecule has 0 bridgehead atoms. The number of hydrogen-bond donors (Lipinski definition) is 2. The van der Waals surface area contributed by atoms with E-state index in [9.17, 15) is 10.2 Å². The summed E-state index contributed by atoms with van der Waals surface area (Å²) < 4.78 is 5.55. The Labute approximate surface area is 196 Å². The molecule has 0 atom stereocenters. The van der Waals surface area contributed by atoms with Crippen LogP contribution in [-0.4, -0.2) is 101 Å². The molecular weight excluding hydrogens is 442 g/mol. The molecule has 5 rings (SSSR count). The number of aromatic hydroxyl groups is 1. The average Bonchev–Trinajstić information content (AvgIpc) is 2.86. The first kappa shape index (κ1) is 22.1. The lowest BCUT2D eigenvalue weighted by molar-refractivity contribution is 0.122. The molecule has 4 heterocycles. The van der Waals surface area contributed by atoms with E-state index in [1.54, 1.807) is 18.5 Å². The molecule has 1 aromatic carbocycles. The normalized spacial score (nSPS) is 17.6. The second kappa shape index (κ2) is 10.0. The van der Waals surface area contributed by atoms with Gasteiger partial charge in [0.15, 0.2) is 5.82 Å². The van der Waals surface area contributed by atoms with Gasteiger partial charge in [0.05, 0.1) is 19.8 Å². The van der Waals surface area contributed by atoms with Crippen LogP contribution in [0.1, 0.15) is 0 Å². The molecular formula is C22H27N7O3S. The van der Waals surface area contributed by atoms with Crippen molar-refractivity contribution >= 4 is 34.6 Å². The van der Waals surface area contributed by atoms with Crippen molar-refractivity contribution in [3.05, 3.63) is 30.6 Å². The van der Waals surface area contributed by atoms with E-state index in [1.165, 1.54) is 11.8 Å². The van der Waals surface area contributed by atoms with Crippen molar-refractivity contribution in [1.29, 1.82) is 0 Å². The number of anilines is 2. The minimum absolute atomic E-state index is 0.169. The second-order valence-corrected chi connectivity index (χ2v) is 9.03. The number of rotatable bonds is 6. The molecule has 0 aliphatic carbocycles. The van der Waals surface area contributed by atoms with Gasteiger partial charge in [-0.2, -0.15) is 4.98 Å². The molecule has 174 valence electrons. The number of aliphatic hydroxyl groups is 1. The third-order valence-corrected chi connectivity index (χ3v) is 6.85. The summed E-state index contributed by atoms with van der Waals surface area (Å²) in [5, 5.41) is 19.6. The Balaban J connectivity index is 1.53. The molecule has 2 aliphatic rings. The van der Waals surface area contributed by atoms with E-state index in [0.29, 0.717) is 25.7 Å². The van der Waals surface area contributed by atoms with Gasteiger partial charge in [-0.3, -0.25) is 4.90 Å². The number of benzene rings is 1. The van der Waals surface area contributed by atoms with Crippen LogP contribution < -0.4 is 9.80 Å². The van der Waals surface area contributed by atoms with Crippen molar-refractivity contribution in [2.75, 3.05) is 75.4 Å². The molecule has 11 heteroatoms. The van der Waals surface area contributed by atoms with E-state index in [2.05, 4.69) is 24.7 Å². The predicted octanol–water partition coefficient (Wildman–Crippen LogP) is 1.23. The van der Waals surface area contributed by atoms with Gasteiger partial charge in [0.2, 0.25) is 5.95 Å². The summed E-state index contributed by atoms with van der Waals surface area (Å²) in [6.45, 7) is 6.96. The first-order valence-corrected chi connectivity index (χ1v) is 11.9. The zero-order chi connectivity index (χ0) is 22.6. The summed E-state index contributed by atoms with van der Waals surface area (Å²) in [4.78, 5) is 26.6. The van der Waals surface area contributed by atoms with Crippen LogP contribution in [0.2, 0.25) is 0 Å². The standard InChI is InChI=1S/C22H27N7O3S/c30-12-9-27-5-7-29(8-6-27)22-25-19-18(20(26-22)28-10-13-32-14-11-28)23-15-24-21(19)33-17-3-1-16(31)2-4-17/h1-4,15,30-31H,5-14H2. The first-order chi connectivity index (χ1) is 16.2. The number of piperazine rings is 1. The van der Waals surface area contributed by atoms with Crippen LogP contribution in [0.4, 0.5) is 11.8 Å². The largest absolute Gasteiger partial charge is 0.508 e. The fraction of sp³-hybridized carbons (Fsp3) is 0.455. The zero-order valence-corrected chi connectivity index (χ0v) is 19.1. The molecule has 0 radical (unpaired) electrons. The highest BCUT2D eigenvalue weighted by atomic mass is 32.2. The molecule has 33 heavy (non-hydrogen) atoms. The number of morpholine rings is 1. The quantitative estimate of drug-likeness (QED) is 0.509. The van der Waals surface area contributed by atoms with Crippen LogP contribution in [0.25, 0.3) is 11.0 Å². The van der Waals surface area contributed by atoms with Crippen molar-refractivity contribution in [3.8, 4) is 5.75 Å². The third-order valence-electron chi connectivity index (χ3n) is 5.85. The summed E-state index contributed by atoms with van der Waals surface area (Å²) >= 11 is 1.49. The molecule has 2 fully saturated rings. The van der Waals surface area contributed by atoms with Crippen molar-refractivity contribution in [3.63, 3.8) is 0 Å². The molecule has 0 spiro atoms. The van der Waals surface area contributed by atoms with Crippen LogP contribution in [0.3, 0.4) is 0 Å². The topological polar surface area (TPSA) is 111 Å². The predicted molar refractivity (Wildman–Crippen MR) is 126 cm³/mol. The van der Waals surface area contributed by atoms with Crippen LogP contribution in [0.15, 0.2) is 40.5 Å². The van der Waals surface area contributed by atoms with E-state index in [4.69, 9.17) is 14.7 Å². The van der Waals surface area contributed by atoms with Gasteiger partial charge in [-0.25, -0.2) is 15.0 Å².